The summed E-state index contributed by atoms with van der Waals surface area (Å²) in [6.45, 7) is 1.66. The zero-order chi connectivity index (χ0) is 39.9. The average molecular weight is 779 g/mol. The van der Waals surface area contributed by atoms with E-state index < -0.39 is 95.8 Å². The van der Waals surface area contributed by atoms with Crippen molar-refractivity contribution >= 4 is 18.0 Å². The Labute approximate surface area is 301 Å². The smallest absolute Gasteiger partial charge is 0.416 e. The normalized spacial score (nSPS) is 18.5. The molecule has 2 aliphatic rings. The number of carbonyl (C=O) groups excluding carboxylic acids is 3. The summed E-state index contributed by atoms with van der Waals surface area (Å²) in [6, 6.07) is 4.45. The Hall–Kier alpha value is -5.03. The van der Waals surface area contributed by atoms with Crippen molar-refractivity contribution in [2.75, 3.05) is 26.8 Å². The van der Waals surface area contributed by atoms with Gasteiger partial charge in [0.05, 0.1) is 36.4 Å². The van der Waals surface area contributed by atoms with Crippen molar-refractivity contribution in [3.63, 3.8) is 0 Å². The molecule has 0 radical (unpaired) electrons. The Morgan fingerprint density at radius 1 is 0.833 bits per heavy atom. The first-order valence-corrected chi connectivity index (χ1v) is 16.3. The maximum Gasteiger partial charge on any atom is 0.416 e. The molecule has 3 aromatic rings. The van der Waals surface area contributed by atoms with E-state index >= 15 is 4.39 Å². The number of esters is 1. The highest BCUT2D eigenvalue weighted by atomic mass is 19.4. The van der Waals surface area contributed by atoms with Gasteiger partial charge in [-0.1, -0.05) is 6.07 Å². The molecule has 3 aromatic carbocycles. The van der Waals surface area contributed by atoms with Gasteiger partial charge in [0.1, 0.15) is 17.7 Å². The predicted octanol–water partition coefficient (Wildman–Crippen LogP) is 8.91. The van der Waals surface area contributed by atoms with Crippen LogP contribution in [0.1, 0.15) is 72.1 Å². The standard InChI is InChI=1S/C36H32F10N2O6/c1-18-32(21-10-24(35(41,42)43)13-25(11-21)36(44,45)46)54-33(51)48(18)16-22-12-23(34(38,39)40)4-5-26(22)28-14-27(29(37)15-30(28)52-3)20-6-8-47(9-7-20)31(50)17-53-19(2)49/h4-5,10-15,18,20,32H,6-9,16-17H2,1-3H3/t18-,32-/m0/s1. The van der Waals surface area contributed by atoms with E-state index in [9.17, 15) is 53.9 Å². The summed E-state index contributed by atoms with van der Waals surface area (Å²) in [5.74, 6) is -2.34. The highest BCUT2D eigenvalue weighted by molar-refractivity contribution is 5.80. The lowest BCUT2D eigenvalue weighted by molar-refractivity contribution is -0.150. The first kappa shape index (κ1) is 40.2. The molecule has 292 valence electrons. The van der Waals surface area contributed by atoms with Crippen LogP contribution in [-0.4, -0.2) is 60.6 Å². The summed E-state index contributed by atoms with van der Waals surface area (Å²) in [5, 5.41) is 0. The number of amides is 2. The van der Waals surface area contributed by atoms with Crippen LogP contribution in [0, 0.1) is 5.82 Å². The Morgan fingerprint density at radius 3 is 1.96 bits per heavy atom. The summed E-state index contributed by atoms with van der Waals surface area (Å²) < 4.78 is 154. The molecular formula is C36H32F10N2O6. The molecule has 54 heavy (non-hydrogen) atoms. The molecule has 8 nitrogen and oxygen atoms in total. The molecule has 2 atom stereocenters. The number of hydrogen-bond acceptors (Lipinski definition) is 6. The lowest BCUT2D eigenvalue weighted by atomic mass is 9.86. The summed E-state index contributed by atoms with van der Waals surface area (Å²) >= 11 is 0. The third-order valence-electron chi connectivity index (χ3n) is 9.40. The first-order valence-electron chi connectivity index (χ1n) is 16.3. The number of hydrogen-bond donors (Lipinski definition) is 0. The second kappa shape index (κ2) is 15.0. The zero-order valence-corrected chi connectivity index (χ0v) is 28.7. The number of methoxy groups -OCH3 is 1. The van der Waals surface area contributed by atoms with Crippen molar-refractivity contribution in [1.29, 1.82) is 0 Å². The van der Waals surface area contributed by atoms with Gasteiger partial charge in [-0.05, 0) is 84.3 Å². The van der Waals surface area contributed by atoms with Gasteiger partial charge in [-0.2, -0.15) is 39.5 Å². The van der Waals surface area contributed by atoms with Crippen LogP contribution in [0.2, 0.25) is 0 Å². The van der Waals surface area contributed by atoms with Crippen molar-refractivity contribution in [3.05, 3.63) is 87.7 Å². The van der Waals surface area contributed by atoms with E-state index in [4.69, 9.17) is 14.2 Å². The first-order chi connectivity index (χ1) is 25.1. The molecule has 0 unspecified atom stereocenters. The fourth-order valence-corrected chi connectivity index (χ4v) is 6.61. The van der Waals surface area contributed by atoms with Crippen LogP contribution in [-0.2, 0) is 44.1 Å². The Balaban J connectivity index is 1.50. The number of halogens is 10. The van der Waals surface area contributed by atoms with Crippen LogP contribution >= 0.6 is 0 Å². The number of benzene rings is 3. The van der Waals surface area contributed by atoms with Crippen molar-refractivity contribution in [3.8, 4) is 16.9 Å². The van der Waals surface area contributed by atoms with Crippen LogP contribution in [0.25, 0.3) is 11.1 Å². The summed E-state index contributed by atoms with van der Waals surface area (Å²) in [6.07, 6.45) is -17.6. The minimum atomic E-state index is -5.19. The number of rotatable bonds is 8. The fourth-order valence-electron chi connectivity index (χ4n) is 6.61. The SMILES string of the molecule is COc1cc(F)c(C2CCN(C(=O)COC(C)=O)CC2)cc1-c1ccc(C(F)(F)F)cc1CN1C(=O)O[C@H](c2cc(C(F)(F)F)cc(C(F)(F)F)c2)[C@@H]1C. The molecular weight excluding hydrogens is 746 g/mol. The number of nitrogens with zero attached hydrogens (tertiary/aromatic N) is 2. The van der Waals surface area contributed by atoms with Gasteiger partial charge in [0.25, 0.3) is 5.91 Å². The quantitative estimate of drug-likeness (QED) is 0.168. The van der Waals surface area contributed by atoms with E-state index in [2.05, 4.69) is 0 Å². The predicted molar refractivity (Wildman–Crippen MR) is 169 cm³/mol. The van der Waals surface area contributed by atoms with Gasteiger partial charge in [0.15, 0.2) is 6.61 Å². The van der Waals surface area contributed by atoms with Gasteiger partial charge in [-0.3, -0.25) is 14.5 Å². The molecule has 2 heterocycles. The van der Waals surface area contributed by atoms with Gasteiger partial charge in [-0.15, -0.1) is 0 Å². The number of alkyl halides is 9. The number of carbonyl (C=O) groups is 3. The van der Waals surface area contributed by atoms with Crippen molar-refractivity contribution in [1.82, 2.24) is 9.80 Å². The van der Waals surface area contributed by atoms with E-state index in [-0.39, 0.29) is 60.0 Å². The maximum atomic E-state index is 15.6. The monoisotopic (exact) mass is 778 g/mol. The molecule has 2 saturated heterocycles. The van der Waals surface area contributed by atoms with Gasteiger partial charge in [-0.25, -0.2) is 9.18 Å². The van der Waals surface area contributed by atoms with Crippen LogP contribution < -0.4 is 4.74 Å². The fraction of sp³-hybridized carbons (Fsp3) is 0.417. The molecule has 0 N–H and O–H groups in total. The summed E-state index contributed by atoms with van der Waals surface area (Å²) in [5.41, 5.74) is -4.90. The molecule has 0 saturated carbocycles. The number of piperidine rings is 1. The Kier molecular flexibility index (Phi) is 11.2. The van der Waals surface area contributed by atoms with E-state index in [0.29, 0.717) is 12.1 Å². The molecule has 0 aromatic heterocycles. The molecule has 18 heteroatoms. The van der Waals surface area contributed by atoms with Crippen molar-refractivity contribution in [2.45, 2.75) is 69.8 Å². The van der Waals surface area contributed by atoms with Crippen LogP contribution in [0.5, 0.6) is 5.75 Å². The van der Waals surface area contributed by atoms with Gasteiger partial charge < -0.3 is 19.1 Å². The van der Waals surface area contributed by atoms with Crippen molar-refractivity contribution in [2.24, 2.45) is 0 Å². The minimum absolute atomic E-state index is 0.0528. The van der Waals surface area contributed by atoms with E-state index in [0.717, 1.165) is 36.1 Å². The molecule has 5 rings (SSSR count). The van der Waals surface area contributed by atoms with Crippen LogP contribution in [0.3, 0.4) is 0 Å². The molecule has 0 aliphatic carbocycles. The van der Waals surface area contributed by atoms with Crippen molar-refractivity contribution < 1.29 is 72.5 Å². The minimum Gasteiger partial charge on any atom is -0.496 e. The largest absolute Gasteiger partial charge is 0.496 e. The second-order valence-electron chi connectivity index (χ2n) is 12.9. The molecule has 2 aliphatic heterocycles. The van der Waals surface area contributed by atoms with Gasteiger partial charge >= 0.3 is 30.6 Å². The third-order valence-corrected chi connectivity index (χ3v) is 9.40. The van der Waals surface area contributed by atoms with E-state index in [1.54, 1.807) is 0 Å². The van der Waals surface area contributed by atoms with E-state index in [1.165, 1.54) is 25.0 Å². The van der Waals surface area contributed by atoms with E-state index in [1.807, 2.05) is 0 Å². The van der Waals surface area contributed by atoms with Crippen LogP contribution in [0.15, 0.2) is 48.5 Å². The lowest BCUT2D eigenvalue weighted by Gasteiger charge is -2.32. The second-order valence-corrected chi connectivity index (χ2v) is 12.9. The Morgan fingerprint density at radius 2 is 1.43 bits per heavy atom. The summed E-state index contributed by atoms with van der Waals surface area (Å²) in [7, 11) is 1.20. The number of cyclic esters (lactones) is 1. The average Bonchev–Trinajstić information content (AvgIpc) is 3.37. The molecule has 0 spiro atoms. The highest BCUT2D eigenvalue weighted by Gasteiger charge is 2.44. The summed E-state index contributed by atoms with van der Waals surface area (Å²) in [4.78, 5) is 39.0. The lowest BCUT2D eigenvalue weighted by Crippen LogP contribution is -2.40. The maximum absolute atomic E-state index is 15.6. The topological polar surface area (TPSA) is 85.4 Å². The van der Waals surface area contributed by atoms with Crippen LogP contribution in [0.4, 0.5) is 48.7 Å². The number of likely N-dealkylation sites (tertiary alicyclic amines) is 1. The molecule has 2 fully saturated rings. The molecule has 2 amide bonds. The number of ether oxygens (including phenoxy) is 3. The van der Waals surface area contributed by atoms with Gasteiger partial charge in [0, 0.05) is 31.6 Å². The molecule has 0 bridgehead atoms. The zero-order valence-electron chi connectivity index (χ0n) is 28.7. The Bertz CT molecular complexity index is 1890. The van der Waals surface area contributed by atoms with Gasteiger partial charge in [0.2, 0.25) is 0 Å². The highest BCUT2D eigenvalue weighted by Crippen LogP contribution is 2.44. The third kappa shape index (κ3) is 8.67.